The minimum absolute atomic E-state index is 0.0124. The molecule has 0 radical (unpaired) electrons. The van der Waals surface area contributed by atoms with Crippen LogP contribution in [-0.2, 0) is 11.8 Å². The first kappa shape index (κ1) is 14.5. The molecule has 1 aliphatic rings. The predicted molar refractivity (Wildman–Crippen MR) is 87.1 cm³/mol. The zero-order valence-electron chi connectivity index (χ0n) is 12.1. The van der Waals surface area contributed by atoms with Gasteiger partial charge in [-0.3, -0.25) is 9.48 Å². The van der Waals surface area contributed by atoms with Crippen molar-refractivity contribution in [1.29, 1.82) is 0 Å². The van der Waals surface area contributed by atoms with Crippen LogP contribution in [0.3, 0.4) is 0 Å². The third kappa shape index (κ3) is 2.56. The molecule has 1 N–H and O–H groups in total. The molecule has 6 heteroatoms. The summed E-state index contributed by atoms with van der Waals surface area (Å²) in [6.45, 7) is 4.03. The van der Waals surface area contributed by atoms with Crippen LogP contribution in [0.1, 0.15) is 27.6 Å². The number of fused-ring (bicyclic) bond motifs is 1. The molecule has 2 heterocycles. The molecule has 0 spiro atoms. The van der Waals surface area contributed by atoms with E-state index in [0.717, 1.165) is 27.7 Å². The first-order valence-electron chi connectivity index (χ1n) is 6.68. The average molecular weight is 322 g/mol. The van der Waals surface area contributed by atoms with Crippen LogP contribution in [0.25, 0.3) is 0 Å². The van der Waals surface area contributed by atoms with Crippen LogP contribution in [0.15, 0.2) is 18.2 Å². The second-order valence-corrected chi connectivity index (χ2v) is 6.74. The number of hydrogen-bond donors (Lipinski definition) is 1. The number of carbonyl (C=O) groups excluding carboxylic acids is 1. The van der Waals surface area contributed by atoms with Crippen molar-refractivity contribution in [1.82, 2.24) is 9.78 Å². The van der Waals surface area contributed by atoms with Crippen molar-refractivity contribution in [3.8, 4) is 0 Å². The van der Waals surface area contributed by atoms with E-state index in [0.29, 0.717) is 5.75 Å². The molecular weight excluding hydrogens is 306 g/mol. The van der Waals surface area contributed by atoms with Crippen molar-refractivity contribution in [2.24, 2.45) is 7.05 Å². The highest BCUT2D eigenvalue weighted by molar-refractivity contribution is 8.00. The van der Waals surface area contributed by atoms with E-state index in [1.807, 2.05) is 39.1 Å². The highest BCUT2D eigenvalue weighted by atomic mass is 35.5. The van der Waals surface area contributed by atoms with E-state index >= 15 is 0 Å². The molecule has 3 rings (SSSR count). The van der Waals surface area contributed by atoms with Crippen LogP contribution >= 0.6 is 23.4 Å². The van der Waals surface area contributed by atoms with Gasteiger partial charge in [0.1, 0.15) is 5.82 Å². The molecule has 1 unspecified atom stereocenters. The molecule has 2 aromatic rings. The molecule has 0 aliphatic carbocycles. The fourth-order valence-corrected chi connectivity index (χ4v) is 4.24. The molecule has 1 aliphatic heterocycles. The molecule has 0 fully saturated rings. The van der Waals surface area contributed by atoms with Crippen molar-refractivity contribution in [3.63, 3.8) is 0 Å². The predicted octanol–water partition coefficient (Wildman–Crippen LogP) is 3.47. The van der Waals surface area contributed by atoms with Gasteiger partial charge in [0.05, 0.1) is 16.7 Å². The summed E-state index contributed by atoms with van der Waals surface area (Å²) in [6.07, 6.45) is 0. The van der Waals surface area contributed by atoms with E-state index in [-0.39, 0.29) is 11.2 Å². The van der Waals surface area contributed by atoms with Crippen LogP contribution in [-0.4, -0.2) is 21.4 Å². The van der Waals surface area contributed by atoms with Crippen LogP contribution in [0, 0.1) is 13.8 Å². The first-order valence-corrected chi connectivity index (χ1v) is 8.11. The number of rotatable bonds is 1. The summed E-state index contributed by atoms with van der Waals surface area (Å²) in [5.41, 5.74) is 4.34. The van der Waals surface area contributed by atoms with Crippen LogP contribution in [0.4, 0.5) is 5.82 Å². The van der Waals surface area contributed by atoms with Crippen molar-refractivity contribution >= 4 is 35.1 Å². The van der Waals surface area contributed by atoms with Crippen molar-refractivity contribution in [2.75, 3.05) is 11.1 Å². The number of thioether (sulfide) groups is 1. The minimum Gasteiger partial charge on any atom is -0.310 e. The third-order valence-corrected chi connectivity index (χ3v) is 5.17. The van der Waals surface area contributed by atoms with Gasteiger partial charge in [-0.1, -0.05) is 17.7 Å². The summed E-state index contributed by atoms with van der Waals surface area (Å²) < 4.78 is 1.74. The van der Waals surface area contributed by atoms with Gasteiger partial charge < -0.3 is 5.32 Å². The molecule has 0 bridgehead atoms. The SMILES string of the molecule is Cc1cc(Cl)ccc1C1SCC(=O)Nc2c1c(C)nn2C. The van der Waals surface area contributed by atoms with Crippen LogP contribution in [0.5, 0.6) is 0 Å². The topological polar surface area (TPSA) is 46.9 Å². The summed E-state index contributed by atoms with van der Waals surface area (Å²) in [4.78, 5) is 11.9. The molecule has 21 heavy (non-hydrogen) atoms. The summed E-state index contributed by atoms with van der Waals surface area (Å²) in [5.74, 6) is 1.24. The van der Waals surface area contributed by atoms with E-state index in [1.165, 1.54) is 5.56 Å². The Kier molecular flexibility index (Phi) is 3.71. The molecule has 4 nitrogen and oxygen atoms in total. The van der Waals surface area contributed by atoms with Crippen molar-refractivity contribution in [2.45, 2.75) is 19.1 Å². The maximum Gasteiger partial charge on any atom is 0.235 e. The number of halogens is 1. The van der Waals surface area contributed by atoms with Gasteiger partial charge in [-0.25, -0.2) is 0 Å². The second kappa shape index (κ2) is 5.39. The minimum atomic E-state index is 0.0124. The Morgan fingerprint density at radius 1 is 1.43 bits per heavy atom. The van der Waals surface area contributed by atoms with Gasteiger partial charge in [0.15, 0.2) is 0 Å². The smallest absolute Gasteiger partial charge is 0.235 e. The number of hydrogen-bond acceptors (Lipinski definition) is 3. The quantitative estimate of drug-likeness (QED) is 0.875. The molecule has 1 aromatic carbocycles. The fourth-order valence-electron chi connectivity index (χ4n) is 2.73. The number of benzene rings is 1. The molecule has 0 saturated carbocycles. The van der Waals surface area contributed by atoms with Crippen molar-refractivity contribution in [3.05, 3.63) is 45.6 Å². The Bertz CT molecular complexity index is 726. The van der Waals surface area contributed by atoms with Crippen molar-refractivity contribution < 1.29 is 4.79 Å². The molecule has 0 saturated heterocycles. The van der Waals surface area contributed by atoms with Gasteiger partial charge in [0, 0.05) is 17.6 Å². The van der Waals surface area contributed by atoms with Gasteiger partial charge in [-0.15, -0.1) is 11.8 Å². The number of aromatic nitrogens is 2. The number of nitrogens with one attached hydrogen (secondary N) is 1. The average Bonchev–Trinajstić information content (AvgIpc) is 2.59. The summed E-state index contributed by atoms with van der Waals surface area (Å²) in [5, 5.41) is 8.23. The van der Waals surface area contributed by atoms with E-state index < -0.39 is 0 Å². The lowest BCUT2D eigenvalue weighted by molar-refractivity contribution is -0.113. The van der Waals surface area contributed by atoms with Gasteiger partial charge in [-0.2, -0.15) is 5.10 Å². The van der Waals surface area contributed by atoms with Gasteiger partial charge >= 0.3 is 0 Å². The maximum atomic E-state index is 11.9. The number of carbonyl (C=O) groups is 1. The monoisotopic (exact) mass is 321 g/mol. The van der Waals surface area contributed by atoms with Gasteiger partial charge in [-0.05, 0) is 37.1 Å². The van der Waals surface area contributed by atoms with E-state index in [2.05, 4.69) is 10.4 Å². The first-order chi connectivity index (χ1) is 9.97. The summed E-state index contributed by atoms with van der Waals surface area (Å²) >= 11 is 7.68. The molecule has 110 valence electrons. The third-order valence-electron chi connectivity index (χ3n) is 3.68. The lowest BCUT2D eigenvalue weighted by Crippen LogP contribution is -2.15. The van der Waals surface area contributed by atoms with Gasteiger partial charge in [0.25, 0.3) is 0 Å². The summed E-state index contributed by atoms with van der Waals surface area (Å²) in [6, 6.07) is 5.90. The van der Waals surface area contributed by atoms with E-state index in [9.17, 15) is 4.79 Å². The zero-order valence-corrected chi connectivity index (χ0v) is 13.7. The Morgan fingerprint density at radius 2 is 2.19 bits per heavy atom. The number of anilines is 1. The normalized spacial score (nSPS) is 18.1. The Hall–Kier alpha value is -1.46. The fraction of sp³-hybridized carbons (Fsp3) is 0.333. The molecule has 1 atom stereocenters. The van der Waals surface area contributed by atoms with E-state index in [4.69, 9.17) is 11.6 Å². The second-order valence-electron chi connectivity index (χ2n) is 5.21. The number of nitrogens with zero attached hydrogens (tertiary/aromatic N) is 2. The molecule has 1 aromatic heterocycles. The molecular formula is C15H16ClN3OS. The largest absolute Gasteiger partial charge is 0.310 e. The Morgan fingerprint density at radius 3 is 2.90 bits per heavy atom. The van der Waals surface area contributed by atoms with Crippen LogP contribution < -0.4 is 5.32 Å². The maximum absolute atomic E-state index is 11.9. The lowest BCUT2D eigenvalue weighted by atomic mass is 10.00. The Labute approximate surface area is 132 Å². The number of aryl methyl sites for hydroxylation is 3. The van der Waals surface area contributed by atoms with Gasteiger partial charge in [0.2, 0.25) is 5.91 Å². The standard InChI is InChI=1S/C15H16ClN3OS/c1-8-6-10(16)4-5-11(8)14-13-9(2)18-19(3)15(13)17-12(20)7-21-14/h4-6,14H,7H2,1-3H3,(H,17,20). The van der Waals surface area contributed by atoms with Crippen LogP contribution in [0.2, 0.25) is 5.02 Å². The summed E-state index contributed by atoms with van der Waals surface area (Å²) in [7, 11) is 1.86. The number of amides is 1. The highest BCUT2D eigenvalue weighted by Gasteiger charge is 2.30. The highest BCUT2D eigenvalue weighted by Crippen LogP contribution is 2.44. The lowest BCUT2D eigenvalue weighted by Gasteiger charge is -2.17. The van der Waals surface area contributed by atoms with E-state index in [1.54, 1.807) is 16.4 Å². The molecule has 1 amide bonds. The zero-order chi connectivity index (χ0) is 15.1. The Balaban J connectivity index is 2.17.